The van der Waals surface area contributed by atoms with Crippen molar-refractivity contribution >= 4 is 23.1 Å². The van der Waals surface area contributed by atoms with Gasteiger partial charge in [-0.05, 0) is 48.6 Å². The molecule has 3 aromatic rings. The second kappa shape index (κ2) is 9.38. The molecule has 5 heteroatoms. The zero-order valence-electron chi connectivity index (χ0n) is 16.0. The number of benzene rings is 2. The Labute approximate surface area is 170 Å². The maximum Gasteiger partial charge on any atom is 0.273 e. The van der Waals surface area contributed by atoms with E-state index < -0.39 is 0 Å². The zero-order valence-corrected chi connectivity index (χ0v) is 16.8. The molecule has 4 nitrogen and oxygen atoms in total. The lowest BCUT2D eigenvalue weighted by atomic mass is 9.97. The first kappa shape index (κ1) is 19.9. The number of carbonyl (C=O) groups is 1. The number of halogens is 1. The van der Waals surface area contributed by atoms with Crippen molar-refractivity contribution in [1.82, 2.24) is 10.3 Å². The molecule has 1 amide bonds. The highest BCUT2D eigenvalue weighted by atomic mass is 35.5. The van der Waals surface area contributed by atoms with Crippen LogP contribution in [0.25, 0.3) is 16.9 Å². The molecule has 0 saturated heterocycles. The highest BCUT2D eigenvalue weighted by Crippen LogP contribution is 2.26. The van der Waals surface area contributed by atoms with Crippen molar-refractivity contribution in [2.75, 3.05) is 6.54 Å². The van der Waals surface area contributed by atoms with Crippen LogP contribution in [0.5, 0.6) is 0 Å². The summed E-state index contributed by atoms with van der Waals surface area (Å²) in [7, 11) is 0. The molecular weight excluding hydrogens is 372 g/mol. The molecule has 1 heterocycles. The number of aryl methyl sites for hydroxylation is 1. The predicted octanol–water partition coefficient (Wildman–Crippen LogP) is 5.92. The molecule has 1 aromatic heterocycles. The van der Waals surface area contributed by atoms with Crippen molar-refractivity contribution in [3.8, 4) is 11.3 Å². The molecule has 0 atom stereocenters. The third-order valence-electron chi connectivity index (χ3n) is 4.49. The summed E-state index contributed by atoms with van der Waals surface area (Å²) in [6.07, 6.45) is 5.10. The summed E-state index contributed by atoms with van der Waals surface area (Å²) in [6, 6.07) is 15.4. The number of oxazole rings is 1. The van der Waals surface area contributed by atoms with Gasteiger partial charge in [-0.1, -0.05) is 61.0 Å². The lowest BCUT2D eigenvalue weighted by molar-refractivity contribution is 0.0950. The summed E-state index contributed by atoms with van der Waals surface area (Å²) in [6.45, 7) is 4.66. The summed E-state index contributed by atoms with van der Waals surface area (Å²) in [4.78, 5) is 16.7. The molecule has 0 fully saturated rings. The summed E-state index contributed by atoms with van der Waals surface area (Å²) in [5.41, 5.74) is 4.58. The van der Waals surface area contributed by atoms with Crippen LogP contribution in [-0.2, 0) is 0 Å². The van der Waals surface area contributed by atoms with E-state index in [9.17, 15) is 4.79 Å². The lowest BCUT2D eigenvalue weighted by Crippen LogP contribution is -2.25. The standard InChI is InChI=1S/C23H23ClN2O2/c1-3-7-17(20-14-19(24)11-10-16(20)2)12-13-25-23(27)21-22(28-15-26-21)18-8-5-4-6-9-18/h4-11,14-15H,3,12-13H2,1-2H3,(H,25,27)/b17-7-. The SMILES string of the molecule is CC/C=C(/CCNC(=O)c1ncoc1-c1ccccc1)c1cc(Cl)ccc1C. The first-order chi connectivity index (χ1) is 13.6. The van der Waals surface area contributed by atoms with Crippen LogP contribution in [0.4, 0.5) is 0 Å². The molecule has 0 spiro atoms. The Hall–Kier alpha value is -2.85. The summed E-state index contributed by atoms with van der Waals surface area (Å²) < 4.78 is 5.44. The fourth-order valence-corrected chi connectivity index (χ4v) is 3.30. The van der Waals surface area contributed by atoms with Crippen LogP contribution in [0.1, 0.15) is 41.4 Å². The maximum absolute atomic E-state index is 12.6. The van der Waals surface area contributed by atoms with Crippen LogP contribution in [0, 0.1) is 6.92 Å². The molecular formula is C23H23ClN2O2. The molecule has 28 heavy (non-hydrogen) atoms. The Morgan fingerprint density at radius 2 is 2.00 bits per heavy atom. The third-order valence-corrected chi connectivity index (χ3v) is 4.73. The van der Waals surface area contributed by atoms with E-state index in [1.54, 1.807) is 0 Å². The first-order valence-corrected chi connectivity index (χ1v) is 9.70. The Kier molecular flexibility index (Phi) is 6.66. The molecule has 0 aliphatic carbocycles. The van der Waals surface area contributed by atoms with Crippen molar-refractivity contribution in [1.29, 1.82) is 0 Å². The molecule has 0 bridgehead atoms. The minimum absolute atomic E-state index is 0.244. The average Bonchev–Trinajstić information content (AvgIpc) is 3.20. The van der Waals surface area contributed by atoms with Gasteiger partial charge in [0.05, 0.1) is 0 Å². The van der Waals surface area contributed by atoms with Gasteiger partial charge in [-0.2, -0.15) is 0 Å². The van der Waals surface area contributed by atoms with Gasteiger partial charge in [0.15, 0.2) is 17.8 Å². The van der Waals surface area contributed by atoms with E-state index in [2.05, 4.69) is 30.2 Å². The van der Waals surface area contributed by atoms with Crippen LogP contribution >= 0.6 is 11.6 Å². The van der Waals surface area contributed by atoms with Gasteiger partial charge in [0, 0.05) is 17.1 Å². The van der Waals surface area contributed by atoms with Crippen molar-refractivity contribution in [3.05, 3.63) is 82.8 Å². The predicted molar refractivity (Wildman–Crippen MR) is 113 cm³/mol. The minimum atomic E-state index is -0.244. The molecule has 3 rings (SSSR count). The van der Waals surface area contributed by atoms with Crippen molar-refractivity contribution < 1.29 is 9.21 Å². The molecule has 0 aliphatic rings. The highest BCUT2D eigenvalue weighted by molar-refractivity contribution is 6.30. The van der Waals surface area contributed by atoms with Crippen LogP contribution in [-0.4, -0.2) is 17.4 Å². The Morgan fingerprint density at radius 1 is 1.21 bits per heavy atom. The second-order valence-corrected chi connectivity index (χ2v) is 6.94. The van der Waals surface area contributed by atoms with Crippen LogP contribution < -0.4 is 5.32 Å². The number of nitrogens with one attached hydrogen (secondary N) is 1. The van der Waals surface area contributed by atoms with E-state index in [0.717, 1.165) is 17.5 Å². The van der Waals surface area contributed by atoms with Gasteiger partial charge < -0.3 is 9.73 Å². The van der Waals surface area contributed by atoms with Crippen LogP contribution in [0.15, 0.2) is 65.4 Å². The molecule has 0 saturated carbocycles. The van der Waals surface area contributed by atoms with Crippen LogP contribution in [0.2, 0.25) is 5.02 Å². The second-order valence-electron chi connectivity index (χ2n) is 6.50. The number of carbonyl (C=O) groups excluding carboxylic acids is 1. The summed E-state index contributed by atoms with van der Waals surface area (Å²) >= 11 is 6.17. The molecule has 0 unspecified atom stereocenters. The number of allylic oxidation sites excluding steroid dienone is 1. The number of aromatic nitrogens is 1. The largest absolute Gasteiger partial charge is 0.443 e. The fourth-order valence-electron chi connectivity index (χ4n) is 3.13. The topological polar surface area (TPSA) is 55.1 Å². The van der Waals surface area contributed by atoms with Gasteiger partial charge in [-0.25, -0.2) is 4.98 Å². The van der Waals surface area contributed by atoms with Gasteiger partial charge in [0.2, 0.25) is 0 Å². The van der Waals surface area contributed by atoms with Gasteiger partial charge >= 0.3 is 0 Å². The molecule has 0 radical (unpaired) electrons. The van der Waals surface area contributed by atoms with Gasteiger partial charge in [-0.3, -0.25) is 4.79 Å². The maximum atomic E-state index is 12.6. The first-order valence-electron chi connectivity index (χ1n) is 9.32. The smallest absolute Gasteiger partial charge is 0.273 e. The van der Waals surface area contributed by atoms with E-state index in [1.165, 1.54) is 17.5 Å². The quantitative estimate of drug-likeness (QED) is 0.541. The number of hydrogen-bond acceptors (Lipinski definition) is 3. The van der Waals surface area contributed by atoms with E-state index in [0.29, 0.717) is 29.4 Å². The summed E-state index contributed by atoms with van der Waals surface area (Å²) in [5.74, 6) is 0.236. The third kappa shape index (κ3) is 4.70. The Morgan fingerprint density at radius 3 is 2.75 bits per heavy atom. The van der Waals surface area contributed by atoms with Gasteiger partial charge in [0.25, 0.3) is 5.91 Å². The number of rotatable bonds is 7. The number of amides is 1. The van der Waals surface area contributed by atoms with Crippen LogP contribution in [0.3, 0.4) is 0 Å². The van der Waals surface area contributed by atoms with E-state index in [-0.39, 0.29) is 5.91 Å². The van der Waals surface area contributed by atoms with Gasteiger partial charge in [0.1, 0.15) is 0 Å². The molecule has 0 aliphatic heterocycles. The number of nitrogens with zero attached hydrogens (tertiary/aromatic N) is 1. The van der Waals surface area contributed by atoms with Crippen molar-refractivity contribution in [3.63, 3.8) is 0 Å². The fraction of sp³-hybridized carbons (Fsp3) is 0.217. The number of hydrogen-bond donors (Lipinski definition) is 1. The highest BCUT2D eigenvalue weighted by Gasteiger charge is 2.18. The van der Waals surface area contributed by atoms with E-state index in [1.807, 2.05) is 48.5 Å². The van der Waals surface area contributed by atoms with E-state index >= 15 is 0 Å². The molecule has 2 aromatic carbocycles. The molecule has 1 N–H and O–H groups in total. The van der Waals surface area contributed by atoms with E-state index in [4.69, 9.17) is 16.0 Å². The van der Waals surface area contributed by atoms with Crippen molar-refractivity contribution in [2.45, 2.75) is 26.7 Å². The Bertz CT molecular complexity index is 977. The molecule has 144 valence electrons. The average molecular weight is 395 g/mol. The monoisotopic (exact) mass is 394 g/mol. The van der Waals surface area contributed by atoms with Gasteiger partial charge in [-0.15, -0.1) is 0 Å². The minimum Gasteiger partial charge on any atom is -0.443 e. The Balaban J connectivity index is 1.69. The summed E-state index contributed by atoms with van der Waals surface area (Å²) in [5, 5.41) is 3.66. The van der Waals surface area contributed by atoms with Crippen molar-refractivity contribution in [2.24, 2.45) is 0 Å². The lowest BCUT2D eigenvalue weighted by Gasteiger charge is -2.12. The zero-order chi connectivity index (χ0) is 19.9. The normalized spacial score (nSPS) is 11.5.